The van der Waals surface area contributed by atoms with Crippen LogP contribution in [0.25, 0.3) is 16.7 Å². The Kier molecular flexibility index (Phi) is 10.3. The van der Waals surface area contributed by atoms with E-state index in [9.17, 15) is 9.90 Å². The summed E-state index contributed by atoms with van der Waals surface area (Å²) in [6.45, 7) is 7.62. The van der Waals surface area contributed by atoms with E-state index in [1.807, 2.05) is 30.3 Å². The molecule has 1 aromatic heterocycles. The van der Waals surface area contributed by atoms with E-state index in [0.717, 1.165) is 41.4 Å². The third-order valence-corrected chi connectivity index (χ3v) is 6.25. The predicted octanol–water partition coefficient (Wildman–Crippen LogP) is 7.21. The van der Waals surface area contributed by atoms with Crippen LogP contribution < -0.4 is 0 Å². The first-order valence-electron chi connectivity index (χ1n) is 13.0. The van der Waals surface area contributed by atoms with E-state index in [4.69, 9.17) is 4.74 Å². The van der Waals surface area contributed by atoms with Crippen molar-refractivity contribution in [3.63, 3.8) is 0 Å². The Labute approximate surface area is 209 Å². The molecule has 0 unspecified atom stereocenters. The highest BCUT2D eigenvalue weighted by atomic mass is 16.5. The number of aromatic hydroxyl groups is 1. The highest BCUT2D eigenvalue weighted by Crippen LogP contribution is 2.30. The molecule has 0 radical (unpaired) electrons. The summed E-state index contributed by atoms with van der Waals surface area (Å²) in [4.78, 5) is 13.4. The Morgan fingerprint density at radius 3 is 2.09 bits per heavy atom. The van der Waals surface area contributed by atoms with E-state index < -0.39 is 5.97 Å². The number of esters is 1. The molecule has 0 spiro atoms. The van der Waals surface area contributed by atoms with Crippen LogP contribution in [-0.4, -0.2) is 26.1 Å². The molecular weight excluding hydrogens is 438 g/mol. The molecule has 6 nitrogen and oxygen atoms in total. The van der Waals surface area contributed by atoms with Crippen LogP contribution in [0.15, 0.2) is 48.6 Å². The van der Waals surface area contributed by atoms with Gasteiger partial charge in [-0.2, -0.15) is 0 Å². The maximum absolute atomic E-state index is 11.9. The fourth-order valence-electron chi connectivity index (χ4n) is 4.21. The number of hydrogen-bond donors (Lipinski definition) is 1. The van der Waals surface area contributed by atoms with Gasteiger partial charge in [-0.25, -0.2) is 4.79 Å². The smallest absolute Gasteiger partial charge is 0.333 e. The topological polar surface area (TPSA) is 77.2 Å². The van der Waals surface area contributed by atoms with Crippen molar-refractivity contribution >= 4 is 17.0 Å². The van der Waals surface area contributed by atoms with E-state index in [0.29, 0.717) is 11.3 Å². The maximum Gasteiger partial charge on any atom is 0.333 e. The standard InChI is InChI=1S/C29H39N3O3/c1-4-5-6-7-8-9-10-11-12-13-16-24-19-23(21-35-29(34)22(2)3)20-27(28(24)33)32-30-25-17-14-15-18-26(25)31-32/h14-15,17-20,33H,2,4-13,16,21H2,1,3H3. The lowest BCUT2D eigenvalue weighted by Gasteiger charge is -2.13. The van der Waals surface area contributed by atoms with Crippen molar-refractivity contribution in [2.75, 3.05) is 0 Å². The van der Waals surface area contributed by atoms with Gasteiger partial charge in [0.05, 0.1) is 0 Å². The molecular formula is C29H39N3O3. The molecule has 0 amide bonds. The van der Waals surface area contributed by atoms with Crippen molar-refractivity contribution in [2.24, 2.45) is 0 Å². The third kappa shape index (κ3) is 7.94. The zero-order chi connectivity index (χ0) is 25.0. The number of aryl methyl sites for hydroxylation is 1. The zero-order valence-corrected chi connectivity index (χ0v) is 21.3. The SMILES string of the molecule is C=C(C)C(=O)OCc1cc(CCCCCCCCCCCC)c(O)c(-n2nc3ccccc3n2)c1. The van der Waals surface area contributed by atoms with Crippen LogP contribution in [0.1, 0.15) is 89.2 Å². The molecule has 0 saturated carbocycles. The minimum atomic E-state index is -0.432. The van der Waals surface area contributed by atoms with Crippen LogP contribution >= 0.6 is 0 Å². The molecule has 1 N–H and O–H groups in total. The van der Waals surface area contributed by atoms with Gasteiger partial charge in [-0.15, -0.1) is 15.0 Å². The quantitative estimate of drug-likeness (QED) is 0.142. The molecule has 188 valence electrons. The first-order chi connectivity index (χ1) is 17.0. The highest BCUT2D eigenvalue weighted by Gasteiger charge is 2.16. The summed E-state index contributed by atoms with van der Waals surface area (Å²) in [7, 11) is 0. The van der Waals surface area contributed by atoms with Gasteiger partial charge < -0.3 is 9.84 Å². The maximum atomic E-state index is 11.9. The largest absolute Gasteiger partial charge is 0.505 e. The van der Waals surface area contributed by atoms with Crippen molar-refractivity contribution in [1.82, 2.24) is 15.0 Å². The molecule has 6 heteroatoms. The lowest BCUT2D eigenvalue weighted by atomic mass is 10.0. The van der Waals surface area contributed by atoms with Crippen LogP contribution in [0, 0.1) is 0 Å². The zero-order valence-electron chi connectivity index (χ0n) is 21.3. The number of fused-ring (bicyclic) bond motifs is 1. The third-order valence-electron chi connectivity index (χ3n) is 6.25. The Hall–Kier alpha value is -3.15. The van der Waals surface area contributed by atoms with Gasteiger partial charge in [-0.05, 0) is 55.2 Å². The number of carbonyl (C=O) groups is 1. The molecule has 3 rings (SSSR count). The van der Waals surface area contributed by atoms with E-state index >= 15 is 0 Å². The van der Waals surface area contributed by atoms with Gasteiger partial charge in [0.15, 0.2) is 0 Å². The average Bonchev–Trinajstić information content (AvgIpc) is 3.29. The summed E-state index contributed by atoms with van der Waals surface area (Å²) in [6.07, 6.45) is 13.3. The number of nitrogens with zero attached hydrogens (tertiary/aromatic N) is 3. The second-order valence-corrected chi connectivity index (χ2v) is 9.39. The van der Waals surface area contributed by atoms with Gasteiger partial charge in [0.2, 0.25) is 0 Å². The summed E-state index contributed by atoms with van der Waals surface area (Å²) in [5.41, 5.74) is 3.96. The van der Waals surface area contributed by atoms with Crippen LogP contribution in [0.3, 0.4) is 0 Å². The van der Waals surface area contributed by atoms with Gasteiger partial charge >= 0.3 is 5.97 Å². The first-order valence-corrected chi connectivity index (χ1v) is 13.0. The van der Waals surface area contributed by atoms with Crippen LogP contribution in [-0.2, 0) is 22.6 Å². The number of unbranched alkanes of at least 4 members (excludes halogenated alkanes) is 9. The van der Waals surface area contributed by atoms with Crippen molar-refractivity contribution in [3.05, 3.63) is 59.7 Å². The lowest BCUT2D eigenvalue weighted by Crippen LogP contribution is -2.07. The number of phenols is 1. The van der Waals surface area contributed by atoms with E-state index in [1.165, 1.54) is 56.2 Å². The van der Waals surface area contributed by atoms with Gasteiger partial charge in [-0.1, -0.05) is 83.4 Å². The van der Waals surface area contributed by atoms with Crippen LogP contribution in [0.5, 0.6) is 5.75 Å². The minimum Gasteiger partial charge on any atom is -0.505 e. The molecule has 0 atom stereocenters. The van der Waals surface area contributed by atoms with E-state index in [-0.39, 0.29) is 12.4 Å². The van der Waals surface area contributed by atoms with Crippen molar-refractivity contribution in [2.45, 2.75) is 91.1 Å². The second kappa shape index (κ2) is 13.7. The van der Waals surface area contributed by atoms with Gasteiger partial charge in [0, 0.05) is 5.57 Å². The Morgan fingerprint density at radius 1 is 0.943 bits per heavy atom. The Morgan fingerprint density at radius 2 is 1.51 bits per heavy atom. The normalized spacial score (nSPS) is 11.1. The van der Waals surface area contributed by atoms with E-state index in [2.05, 4.69) is 23.7 Å². The molecule has 0 aliphatic heterocycles. The molecule has 35 heavy (non-hydrogen) atoms. The van der Waals surface area contributed by atoms with Crippen LogP contribution in [0.4, 0.5) is 0 Å². The number of carbonyl (C=O) groups excluding carboxylic acids is 1. The van der Waals surface area contributed by atoms with Gasteiger partial charge in [-0.3, -0.25) is 0 Å². The number of phenolic OH excluding ortho intramolecular Hbond substituents is 1. The summed E-state index contributed by atoms with van der Waals surface area (Å²) < 4.78 is 5.37. The fraction of sp³-hybridized carbons (Fsp3) is 0.483. The molecule has 0 aliphatic carbocycles. The molecule has 0 bridgehead atoms. The Balaban J connectivity index is 1.66. The molecule has 2 aromatic carbocycles. The molecule has 0 aliphatic rings. The van der Waals surface area contributed by atoms with Gasteiger partial charge in [0.1, 0.15) is 29.1 Å². The Bertz CT molecular complexity index is 1090. The number of benzene rings is 2. The van der Waals surface area contributed by atoms with E-state index in [1.54, 1.807) is 13.0 Å². The molecule has 1 heterocycles. The number of hydrogen-bond acceptors (Lipinski definition) is 5. The summed E-state index contributed by atoms with van der Waals surface area (Å²) >= 11 is 0. The molecule has 0 saturated heterocycles. The molecule has 3 aromatic rings. The average molecular weight is 478 g/mol. The van der Waals surface area contributed by atoms with Crippen molar-refractivity contribution in [3.8, 4) is 11.4 Å². The second-order valence-electron chi connectivity index (χ2n) is 9.39. The fourth-order valence-corrected chi connectivity index (χ4v) is 4.21. The van der Waals surface area contributed by atoms with Gasteiger partial charge in [0.25, 0.3) is 0 Å². The number of rotatable bonds is 15. The first kappa shape index (κ1) is 26.5. The highest BCUT2D eigenvalue weighted by molar-refractivity contribution is 5.86. The summed E-state index contributed by atoms with van der Waals surface area (Å²) in [5, 5.41) is 20.1. The van der Waals surface area contributed by atoms with Crippen molar-refractivity contribution in [1.29, 1.82) is 0 Å². The van der Waals surface area contributed by atoms with Crippen molar-refractivity contribution < 1.29 is 14.6 Å². The minimum absolute atomic E-state index is 0.102. The monoisotopic (exact) mass is 477 g/mol. The number of ether oxygens (including phenoxy) is 1. The summed E-state index contributed by atoms with van der Waals surface area (Å²) in [6, 6.07) is 11.3. The molecule has 0 fully saturated rings. The van der Waals surface area contributed by atoms with Crippen LogP contribution in [0.2, 0.25) is 0 Å². The number of aromatic nitrogens is 3. The lowest BCUT2D eigenvalue weighted by molar-refractivity contribution is -0.140. The summed E-state index contributed by atoms with van der Waals surface area (Å²) in [5.74, 6) is -0.255. The predicted molar refractivity (Wildman–Crippen MR) is 141 cm³/mol.